The molecule has 0 spiro atoms. The van der Waals surface area contributed by atoms with Crippen molar-refractivity contribution in [3.63, 3.8) is 0 Å². The highest BCUT2D eigenvalue weighted by Crippen LogP contribution is 2.20. The number of piperazine rings is 1. The Bertz CT molecular complexity index is 557. The zero-order valence-electron chi connectivity index (χ0n) is 11.3. The third-order valence-corrected chi connectivity index (χ3v) is 3.12. The first kappa shape index (κ1) is 14.1. The minimum absolute atomic E-state index is 0.368. The smallest absolute Gasteiger partial charge is 0.407 e. The summed E-state index contributed by atoms with van der Waals surface area (Å²) in [5, 5.41) is 8.90. The Hall–Kier alpha value is -2.29. The molecule has 1 aromatic rings. The van der Waals surface area contributed by atoms with Crippen molar-refractivity contribution in [1.82, 2.24) is 9.88 Å². The van der Waals surface area contributed by atoms with E-state index >= 15 is 0 Å². The van der Waals surface area contributed by atoms with Crippen molar-refractivity contribution in [2.24, 2.45) is 0 Å². The molecule has 1 amide bonds. The Kier molecular flexibility index (Phi) is 4.41. The zero-order chi connectivity index (χ0) is 14.5. The highest BCUT2D eigenvalue weighted by atomic mass is 19.1. The molecule has 1 aliphatic heterocycles. The highest BCUT2D eigenvalue weighted by molar-refractivity contribution is 5.65. The van der Waals surface area contributed by atoms with E-state index in [1.54, 1.807) is 6.07 Å². The lowest BCUT2D eigenvalue weighted by molar-refractivity contribution is 0.142. The van der Waals surface area contributed by atoms with Crippen LogP contribution in [0.4, 0.5) is 14.9 Å². The molecule has 6 heteroatoms. The van der Waals surface area contributed by atoms with Crippen molar-refractivity contribution >= 4 is 11.8 Å². The summed E-state index contributed by atoms with van der Waals surface area (Å²) in [6.07, 6.45) is 0.943. The van der Waals surface area contributed by atoms with Gasteiger partial charge in [-0.25, -0.2) is 14.2 Å². The second-order valence-electron chi connectivity index (χ2n) is 4.43. The number of nitrogens with zero attached hydrogens (tertiary/aromatic N) is 3. The molecule has 0 radical (unpaired) electrons. The molecule has 5 nitrogen and oxygen atoms in total. The predicted molar refractivity (Wildman–Crippen MR) is 73.2 cm³/mol. The Morgan fingerprint density at radius 1 is 1.45 bits per heavy atom. The van der Waals surface area contributed by atoms with E-state index < -0.39 is 11.9 Å². The second-order valence-corrected chi connectivity index (χ2v) is 4.43. The van der Waals surface area contributed by atoms with Crippen LogP contribution in [0.3, 0.4) is 0 Å². The van der Waals surface area contributed by atoms with Crippen molar-refractivity contribution in [3.05, 3.63) is 23.8 Å². The van der Waals surface area contributed by atoms with E-state index in [-0.39, 0.29) is 0 Å². The molecule has 0 atom stereocenters. The van der Waals surface area contributed by atoms with Gasteiger partial charge in [0.25, 0.3) is 0 Å². The van der Waals surface area contributed by atoms with Crippen LogP contribution in [0.1, 0.15) is 19.0 Å². The Labute approximate surface area is 117 Å². The van der Waals surface area contributed by atoms with Crippen molar-refractivity contribution in [3.8, 4) is 11.8 Å². The van der Waals surface area contributed by atoms with Gasteiger partial charge in [-0.2, -0.15) is 0 Å². The van der Waals surface area contributed by atoms with Gasteiger partial charge in [-0.3, -0.25) is 0 Å². The predicted octanol–water partition coefficient (Wildman–Crippen LogP) is 1.78. The number of halogens is 1. The van der Waals surface area contributed by atoms with Crippen LogP contribution in [-0.2, 0) is 0 Å². The quantitative estimate of drug-likeness (QED) is 0.795. The first-order valence-corrected chi connectivity index (χ1v) is 6.49. The number of amides is 1. The van der Waals surface area contributed by atoms with Crippen LogP contribution < -0.4 is 4.90 Å². The fraction of sp³-hybridized carbons (Fsp3) is 0.429. The van der Waals surface area contributed by atoms with Crippen LogP contribution in [-0.4, -0.2) is 47.3 Å². The molecule has 0 unspecified atom stereocenters. The number of carboxylic acid groups (broad SMARTS) is 1. The number of hydrogen-bond acceptors (Lipinski definition) is 3. The average molecular weight is 277 g/mol. The Morgan fingerprint density at radius 3 is 2.75 bits per heavy atom. The number of rotatable bonds is 1. The summed E-state index contributed by atoms with van der Waals surface area (Å²) in [6.45, 7) is 3.60. The third kappa shape index (κ3) is 3.18. The van der Waals surface area contributed by atoms with E-state index in [4.69, 9.17) is 5.11 Å². The van der Waals surface area contributed by atoms with Gasteiger partial charge in [-0.1, -0.05) is 12.8 Å². The minimum atomic E-state index is -0.936. The lowest BCUT2D eigenvalue weighted by Gasteiger charge is -2.34. The van der Waals surface area contributed by atoms with Crippen LogP contribution >= 0.6 is 0 Å². The van der Waals surface area contributed by atoms with Gasteiger partial charge in [-0.15, -0.1) is 0 Å². The maximum absolute atomic E-state index is 13.8. The molecule has 1 aromatic heterocycles. The largest absolute Gasteiger partial charge is 0.465 e. The maximum atomic E-state index is 13.8. The standard InChI is InChI=1S/C14H16FN3O2/c1-2-3-4-11-9-13(12(15)10-16-11)17-5-7-18(8-6-17)14(19)20/h9-10H,2,5-8H2,1H3,(H,19,20). The summed E-state index contributed by atoms with van der Waals surface area (Å²) < 4.78 is 13.8. The van der Waals surface area contributed by atoms with Crippen LogP contribution in [0.2, 0.25) is 0 Å². The van der Waals surface area contributed by atoms with Crippen LogP contribution in [0.25, 0.3) is 0 Å². The first-order valence-electron chi connectivity index (χ1n) is 6.49. The molecule has 0 saturated carbocycles. The van der Waals surface area contributed by atoms with Gasteiger partial charge in [0.15, 0.2) is 5.82 Å². The number of anilines is 1. The summed E-state index contributed by atoms with van der Waals surface area (Å²) in [4.78, 5) is 17.9. The van der Waals surface area contributed by atoms with Gasteiger partial charge >= 0.3 is 6.09 Å². The monoisotopic (exact) mass is 277 g/mol. The van der Waals surface area contributed by atoms with E-state index in [1.165, 1.54) is 11.1 Å². The molecule has 0 aromatic carbocycles. The van der Waals surface area contributed by atoms with Crippen molar-refractivity contribution in [2.75, 3.05) is 31.1 Å². The highest BCUT2D eigenvalue weighted by Gasteiger charge is 2.22. The molecule has 0 aliphatic carbocycles. The summed E-state index contributed by atoms with van der Waals surface area (Å²) >= 11 is 0. The number of carbonyl (C=O) groups is 1. The normalized spacial score (nSPS) is 14.7. The number of aromatic nitrogens is 1. The van der Waals surface area contributed by atoms with Crippen molar-refractivity contribution in [2.45, 2.75) is 13.3 Å². The summed E-state index contributed by atoms with van der Waals surface area (Å²) in [6, 6.07) is 1.62. The zero-order valence-corrected chi connectivity index (χ0v) is 11.3. The fourth-order valence-corrected chi connectivity index (χ4v) is 2.06. The van der Waals surface area contributed by atoms with Crippen molar-refractivity contribution < 1.29 is 14.3 Å². The SMILES string of the molecule is CCC#Cc1cc(N2CCN(C(=O)O)CC2)c(F)cn1. The van der Waals surface area contributed by atoms with Gasteiger partial charge in [0.2, 0.25) is 0 Å². The maximum Gasteiger partial charge on any atom is 0.407 e. The summed E-state index contributed by atoms with van der Waals surface area (Å²) in [7, 11) is 0. The van der Waals surface area contributed by atoms with Gasteiger partial charge in [0.1, 0.15) is 5.69 Å². The van der Waals surface area contributed by atoms with E-state index in [9.17, 15) is 9.18 Å². The molecule has 1 aliphatic rings. The second kappa shape index (κ2) is 6.24. The molecular weight excluding hydrogens is 261 g/mol. The van der Waals surface area contributed by atoms with Crippen LogP contribution in [0, 0.1) is 17.7 Å². The summed E-state index contributed by atoms with van der Waals surface area (Å²) in [5.74, 6) is 5.36. The van der Waals surface area contributed by atoms with E-state index in [0.29, 0.717) is 44.0 Å². The topological polar surface area (TPSA) is 56.7 Å². The van der Waals surface area contributed by atoms with Gasteiger partial charge in [-0.05, 0) is 12.0 Å². The lowest BCUT2D eigenvalue weighted by atomic mass is 10.2. The van der Waals surface area contributed by atoms with Crippen molar-refractivity contribution in [1.29, 1.82) is 0 Å². The average Bonchev–Trinajstić information content (AvgIpc) is 2.46. The van der Waals surface area contributed by atoms with E-state index in [2.05, 4.69) is 16.8 Å². The number of pyridine rings is 1. The van der Waals surface area contributed by atoms with Crippen LogP contribution in [0.5, 0.6) is 0 Å². The van der Waals surface area contributed by atoms with Gasteiger partial charge in [0.05, 0.1) is 11.9 Å². The van der Waals surface area contributed by atoms with Gasteiger partial charge < -0.3 is 14.9 Å². The minimum Gasteiger partial charge on any atom is -0.465 e. The molecule has 1 fully saturated rings. The molecule has 1 saturated heterocycles. The first-order chi connectivity index (χ1) is 9.61. The Balaban J connectivity index is 2.14. The fourth-order valence-electron chi connectivity index (χ4n) is 2.06. The molecule has 1 N–H and O–H groups in total. The molecule has 20 heavy (non-hydrogen) atoms. The Morgan fingerprint density at radius 2 is 2.15 bits per heavy atom. The van der Waals surface area contributed by atoms with E-state index in [1.807, 2.05) is 11.8 Å². The lowest BCUT2D eigenvalue weighted by Crippen LogP contribution is -2.48. The number of hydrogen-bond donors (Lipinski definition) is 1. The molecule has 106 valence electrons. The van der Waals surface area contributed by atoms with Crippen LogP contribution in [0.15, 0.2) is 12.3 Å². The third-order valence-electron chi connectivity index (χ3n) is 3.12. The van der Waals surface area contributed by atoms with Gasteiger partial charge in [0, 0.05) is 32.6 Å². The molecule has 2 rings (SSSR count). The molecule has 2 heterocycles. The summed E-state index contributed by atoms with van der Waals surface area (Å²) in [5.41, 5.74) is 0.967. The van der Waals surface area contributed by atoms with E-state index in [0.717, 1.165) is 0 Å². The molecule has 0 bridgehead atoms. The molecular formula is C14H16FN3O2.